The van der Waals surface area contributed by atoms with E-state index >= 15 is 0 Å². The molecule has 0 spiro atoms. The number of rotatable bonds is 13. The van der Waals surface area contributed by atoms with Gasteiger partial charge in [-0.2, -0.15) is 0 Å². The fourth-order valence-corrected chi connectivity index (χ4v) is 4.03. The van der Waals surface area contributed by atoms with Crippen molar-refractivity contribution < 1.29 is 9.47 Å². The maximum absolute atomic E-state index is 5.69. The highest BCUT2D eigenvalue weighted by Crippen LogP contribution is 2.33. The molecule has 1 saturated heterocycles. The molecule has 0 amide bonds. The Morgan fingerprint density at radius 1 is 0.963 bits per heavy atom. The second-order valence-electron chi connectivity index (χ2n) is 7.69. The molecule has 1 atom stereocenters. The minimum Gasteiger partial charge on any atom is -0.497 e. The van der Waals surface area contributed by atoms with Gasteiger partial charge in [-0.25, -0.2) is 0 Å². The van der Waals surface area contributed by atoms with E-state index in [0.717, 1.165) is 24.6 Å². The summed E-state index contributed by atoms with van der Waals surface area (Å²) in [5, 5.41) is 3.72. The van der Waals surface area contributed by atoms with Crippen LogP contribution < -0.4 is 14.8 Å². The Bertz CT molecular complexity index is 515. The van der Waals surface area contributed by atoms with E-state index in [1.165, 1.54) is 76.4 Å². The first-order chi connectivity index (χ1) is 13.3. The lowest BCUT2D eigenvalue weighted by molar-refractivity contribution is 0.157. The Labute approximate surface area is 166 Å². The Hall–Kier alpha value is -1.26. The molecule has 4 heteroatoms. The van der Waals surface area contributed by atoms with Gasteiger partial charge >= 0.3 is 0 Å². The van der Waals surface area contributed by atoms with Gasteiger partial charge in [0.05, 0.1) is 20.3 Å². The molecule has 0 bridgehead atoms. The number of hydrogen-bond acceptors (Lipinski definition) is 4. The molecule has 1 N–H and O–H groups in total. The monoisotopic (exact) mass is 376 g/mol. The lowest BCUT2D eigenvalue weighted by Gasteiger charge is -2.35. The molecule has 0 aromatic heterocycles. The second-order valence-corrected chi connectivity index (χ2v) is 7.69. The molecule has 1 unspecified atom stereocenters. The first kappa shape index (κ1) is 22.0. The number of piperidine rings is 1. The van der Waals surface area contributed by atoms with Crippen LogP contribution in [-0.4, -0.2) is 45.3 Å². The summed E-state index contributed by atoms with van der Waals surface area (Å²) < 4.78 is 11.2. The third-order valence-electron chi connectivity index (χ3n) is 5.67. The van der Waals surface area contributed by atoms with Gasteiger partial charge in [0, 0.05) is 12.1 Å². The Morgan fingerprint density at radius 2 is 1.70 bits per heavy atom. The number of nitrogens with zero attached hydrogens (tertiary/aromatic N) is 1. The van der Waals surface area contributed by atoms with Crippen molar-refractivity contribution in [2.24, 2.45) is 0 Å². The van der Waals surface area contributed by atoms with Crippen LogP contribution in [0, 0.1) is 0 Å². The summed E-state index contributed by atoms with van der Waals surface area (Å²) in [6, 6.07) is 6.53. The zero-order valence-electron chi connectivity index (χ0n) is 17.8. The quantitative estimate of drug-likeness (QED) is 0.481. The summed E-state index contributed by atoms with van der Waals surface area (Å²) in [5.41, 5.74) is 1.24. The van der Waals surface area contributed by atoms with Gasteiger partial charge in [-0.15, -0.1) is 0 Å². The smallest absolute Gasteiger partial charge is 0.123 e. The molecule has 154 valence electrons. The van der Waals surface area contributed by atoms with Gasteiger partial charge < -0.3 is 14.8 Å². The molecule has 4 nitrogen and oxygen atoms in total. The van der Waals surface area contributed by atoms with Crippen LogP contribution in [0.25, 0.3) is 0 Å². The molecule has 0 saturated carbocycles. The van der Waals surface area contributed by atoms with Crippen molar-refractivity contribution in [3.8, 4) is 11.5 Å². The zero-order chi connectivity index (χ0) is 19.3. The number of unbranched alkanes of at least 4 members (excludes halogenated alkanes) is 5. The standard InChI is InChI=1S/C23H40N2O2/c1-4-5-6-7-8-10-15-24-19-22(25-16-11-9-12-17-25)21-18-20(26-2)13-14-23(21)27-3/h13-14,18,22,24H,4-12,15-17,19H2,1-3H3. The molecule has 1 aromatic rings. The van der Waals surface area contributed by atoms with Gasteiger partial charge in [0.1, 0.15) is 11.5 Å². The average molecular weight is 377 g/mol. The number of hydrogen-bond donors (Lipinski definition) is 1. The van der Waals surface area contributed by atoms with Crippen molar-refractivity contribution in [2.75, 3.05) is 40.4 Å². The molecule has 1 fully saturated rings. The normalized spacial score (nSPS) is 16.3. The van der Waals surface area contributed by atoms with Crippen LogP contribution in [0.15, 0.2) is 18.2 Å². The van der Waals surface area contributed by atoms with Crippen LogP contribution in [0.4, 0.5) is 0 Å². The molecule has 1 aliphatic heterocycles. The van der Waals surface area contributed by atoms with Gasteiger partial charge in [0.25, 0.3) is 0 Å². The molecule has 1 aromatic carbocycles. The van der Waals surface area contributed by atoms with E-state index in [0.29, 0.717) is 6.04 Å². The second kappa shape index (κ2) is 13.0. The van der Waals surface area contributed by atoms with Crippen LogP contribution >= 0.6 is 0 Å². The molecular formula is C23H40N2O2. The number of methoxy groups -OCH3 is 2. The predicted octanol–water partition coefficient (Wildman–Crippen LogP) is 5.18. The van der Waals surface area contributed by atoms with Crippen molar-refractivity contribution in [3.05, 3.63) is 23.8 Å². The summed E-state index contributed by atoms with van der Waals surface area (Å²) in [6.07, 6.45) is 12.0. The molecule has 2 rings (SSSR count). The van der Waals surface area contributed by atoms with Crippen molar-refractivity contribution in [2.45, 2.75) is 70.8 Å². The van der Waals surface area contributed by atoms with E-state index < -0.39 is 0 Å². The van der Waals surface area contributed by atoms with Crippen LogP contribution in [0.2, 0.25) is 0 Å². The van der Waals surface area contributed by atoms with Gasteiger partial charge in [-0.05, 0) is 57.1 Å². The van der Waals surface area contributed by atoms with Crippen molar-refractivity contribution in [1.82, 2.24) is 10.2 Å². The molecule has 1 aliphatic rings. The first-order valence-corrected chi connectivity index (χ1v) is 11.0. The largest absolute Gasteiger partial charge is 0.497 e. The minimum atomic E-state index is 0.343. The van der Waals surface area contributed by atoms with Gasteiger partial charge in [-0.1, -0.05) is 45.4 Å². The number of benzene rings is 1. The van der Waals surface area contributed by atoms with E-state index in [4.69, 9.17) is 9.47 Å². The SMILES string of the molecule is CCCCCCCCNCC(c1cc(OC)ccc1OC)N1CCCCC1. The highest BCUT2D eigenvalue weighted by atomic mass is 16.5. The van der Waals surface area contributed by atoms with Gasteiger partial charge in [-0.3, -0.25) is 4.90 Å². The Morgan fingerprint density at radius 3 is 2.41 bits per heavy atom. The lowest BCUT2D eigenvalue weighted by Crippen LogP contribution is -2.39. The maximum atomic E-state index is 5.69. The van der Waals surface area contributed by atoms with E-state index in [1.807, 2.05) is 12.1 Å². The third kappa shape index (κ3) is 7.34. The Kier molecular flexibility index (Phi) is 10.6. The van der Waals surface area contributed by atoms with Crippen LogP contribution in [0.1, 0.15) is 76.3 Å². The third-order valence-corrected chi connectivity index (χ3v) is 5.67. The highest BCUT2D eigenvalue weighted by Gasteiger charge is 2.25. The highest BCUT2D eigenvalue weighted by molar-refractivity contribution is 5.42. The summed E-state index contributed by atoms with van der Waals surface area (Å²) in [4.78, 5) is 2.62. The van der Waals surface area contributed by atoms with Crippen LogP contribution in [0.5, 0.6) is 11.5 Å². The predicted molar refractivity (Wildman–Crippen MR) is 114 cm³/mol. The molecule has 1 heterocycles. The Balaban J connectivity index is 1.95. The molecule has 0 aliphatic carbocycles. The fourth-order valence-electron chi connectivity index (χ4n) is 4.03. The van der Waals surface area contributed by atoms with Gasteiger partial charge in [0.2, 0.25) is 0 Å². The van der Waals surface area contributed by atoms with Crippen LogP contribution in [0.3, 0.4) is 0 Å². The minimum absolute atomic E-state index is 0.343. The first-order valence-electron chi connectivity index (χ1n) is 11.0. The zero-order valence-corrected chi connectivity index (χ0v) is 17.8. The summed E-state index contributed by atoms with van der Waals surface area (Å²) in [7, 11) is 3.50. The maximum Gasteiger partial charge on any atom is 0.123 e. The summed E-state index contributed by atoms with van der Waals surface area (Å²) in [5.74, 6) is 1.87. The number of nitrogens with one attached hydrogen (secondary N) is 1. The molecule has 0 radical (unpaired) electrons. The van der Waals surface area contributed by atoms with Crippen LogP contribution in [-0.2, 0) is 0 Å². The molecular weight excluding hydrogens is 336 g/mol. The lowest BCUT2D eigenvalue weighted by atomic mass is 10.00. The van der Waals surface area contributed by atoms with Gasteiger partial charge in [0.15, 0.2) is 0 Å². The summed E-state index contributed by atoms with van der Waals surface area (Å²) >= 11 is 0. The fraction of sp³-hybridized carbons (Fsp3) is 0.739. The van der Waals surface area contributed by atoms with E-state index in [1.54, 1.807) is 14.2 Å². The summed E-state index contributed by atoms with van der Waals surface area (Å²) in [6.45, 7) is 6.68. The average Bonchev–Trinajstić information content (AvgIpc) is 2.73. The van der Waals surface area contributed by atoms with Crippen molar-refractivity contribution in [1.29, 1.82) is 0 Å². The number of ether oxygens (including phenoxy) is 2. The van der Waals surface area contributed by atoms with Crippen molar-refractivity contribution in [3.63, 3.8) is 0 Å². The number of likely N-dealkylation sites (tertiary alicyclic amines) is 1. The van der Waals surface area contributed by atoms with E-state index in [-0.39, 0.29) is 0 Å². The molecule has 27 heavy (non-hydrogen) atoms. The van der Waals surface area contributed by atoms with E-state index in [9.17, 15) is 0 Å². The van der Waals surface area contributed by atoms with E-state index in [2.05, 4.69) is 23.2 Å². The van der Waals surface area contributed by atoms with Crippen molar-refractivity contribution >= 4 is 0 Å². The topological polar surface area (TPSA) is 33.7 Å².